The average molecular weight is 573 g/mol. The van der Waals surface area contributed by atoms with E-state index < -0.39 is 24.9 Å². The van der Waals surface area contributed by atoms with Crippen LogP contribution in [-0.4, -0.2) is 76.3 Å². The summed E-state index contributed by atoms with van der Waals surface area (Å²) in [5, 5.41) is 31.2. The average Bonchev–Trinajstić information content (AvgIpc) is 3.28. The topological polar surface area (TPSA) is 139 Å². The molecule has 1 aromatic heterocycles. The molecule has 3 N–H and O–H groups in total. The summed E-state index contributed by atoms with van der Waals surface area (Å²) in [5.74, 6) is 0.256. The summed E-state index contributed by atoms with van der Waals surface area (Å²) in [4.78, 5) is 27.6. The molecule has 0 spiro atoms. The van der Waals surface area contributed by atoms with E-state index in [9.17, 15) is 14.8 Å². The van der Waals surface area contributed by atoms with Crippen LogP contribution in [0.15, 0.2) is 28.9 Å². The van der Waals surface area contributed by atoms with Crippen molar-refractivity contribution in [3.05, 3.63) is 33.1 Å². The number of unbranched alkanes of at least 4 members (excludes halogenated alkanes) is 2. The maximum Gasteiger partial charge on any atom is 0.0333 e. The number of anilines is 1. The molecule has 0 aliphatic carbocycles. The monoisotopic (exact) mass is 573 g/mol. The Morgan fingerprint density at radius 2 is 1.97 bits per heavy atom. The van der Waals surface area contributed by atoms with Crippen LogP contribution in [-0.2, 0) is 9.59 Å². The predicted octanol–water partition coefficient (Wildman–Crippen LogP) is -2.57. The van der Waals surface area contributed by atoms with Crippen molar-refractivity contribution < 1.29 is 44.3 Å². The fraction of sp³-hybridized carbons (Fsp3) is 0.524. The summed E-state index contributed by atoms with van der Waals surface area (Å²) in [6, 6.07) is 3.60. The number of ketones is 1. The first-order chi connectivity index (χ1) is 15.9. The SMILES string of the molecule is CC(=O)/C=C/CN1CCN(C(=O)CCCCCNc2ccc([I-][NH+]([O-])O)c3nonc23)CC1. The zero-order valence-corrected chi connectivity index (χ0v) is 20.8. The van der Waals surface area contributed by atoms with Crippen LogP contribution >= 0.6 is 0 Å². The first-order valence-corrected chi connectivity index (χ1v) is 13.1. The summed E-state index contributed by atoms with van der Waals surface area (Å²) in [6.07, 6.45) is 6.69. The van der Waals surface area contributed by atoms with Gasteiger partial charge in [0.25, 0.3) is 0 Å². The number of hydrogen-bond donors (Lipinski definition) is 3. The van der Waals surface area contributed by atoms with Crippen molar-refractivity contribution >= 4 is 28.4 Å². The minimum Gasteiger partial charge on any atom is 0.0163 e. The van der Waals surface area contributed by atoms with Gasteiger partial charge in [-0.15, -0.1) is 0 Å². The molecule has 182 valence electrons. The normalized spacial score (nSPS) is 16.0. The number of allylic oxidation sites excluding steroid dienone is 1. The number of hydrogen-bond acceptors (Lipinski definition) is 9. The minimum absolute atomic E-state index is 0.0530. The van der Waals surface area contributed by atoms with Gasteiger partial charge in [-0.3, -0.25) is 9.69 Å². The number of aromatic nitrogens is 2. The van der Waals surface area contributed by atoms with Gasteiger partial charge < -0.3 is 0 Å². The summed E-state index contributed by atoms with van der Waals surface area (Å²) >= 11 is -1.19. The van der Waals surface area contributed by atoms with Crippen molar-refractivity contribution in [2.45, 2.75) is 32.6 Å². The van der Waals surface area contributed by atoms with Crippen LogP contribution in [0.5, 0.6) is 0 Å². The number of nitrogens with one attached hydrogen (secondary N) is 2. The zero-order valence-electron chi connectivity index (χ0n) is 18.6. The summed E-state index contributed by atoms with van der Waals surface area (Å²) < 4.78 is 4.67. The van der Waals surface area contributed by atoms with E-state index in [1.54, 1.807) is 12.1 Å². The second-order valence-corrected chi connectivity index (χ2v) is 10.5. The van der Waals surface area contributed by atoms with E-state index in [2.05, 4.69) is 20.5 Å². The van der Waals surface area contributed by atoms with Crippen LogP contribution in [0.25, 0.3) is 11.0 Å². The summed E-state index contributed by atoms with van der Waals surface area (Å²) in [7, 11) is 0. The summed E-state index contributed by atoms with van der Waals surface area (Å²) in [6.45, 7) is 6.13. The molecular weight excluding hydrogens is 543 g/mol. The molecule has 0 saturated carbocycles. The van der Waals surface area contributed by atoms with Gasteiger partial charge in [0.1, 0.15) is 0 Å². The Balaban J connectivity index is 1.32. The van der Waals surface area contributed by atoms with E-state index in [4.69, 9.17) is 9.84 Å². The van der Waals surface area contributed by atoms with E-state index in [-0.39, 0.29) is 11.7 Å². The molecule has 1 aliphatic heterocycles. The van der Waals surface area contributed by atoms with Crippen molar-refractivity contribution in [3.63, 3.8) is 0 Å². The van der Waals surface area contributed by atoms with Crippen LogP contribution in [0.2, 0.25) is 0 Å². The molecule has 33 heavy (non-hydrogen) atoms. The fourth-order valence-corrected chi connectivity index (χ4v) is 5.12. The molecular formula is C21H30IN6O5-. The molecule has 12 heteroatoms. The van der Waals surface area contributed by atoms with Crippen LogP contribution in [0, 0.1) is 8.78 Å². The molecule has 1 aromatic carbocycles. The molecule has 1 unspecified atom stereocenters. The van der Waals surface area contributed by atoms with Gasteiger partial charge in [-0.2, -0.15) is 0 Å². The molecule has 0 bridgehead atoms. The van der Waals surface area contributed by atoms with Gasteiger partial charge in [0.05, 0.1) is 0 Å². The Kier molecular flexibility index (Phi) is 9.99. The third-order valence-electron chi connectivity index (χ3n) is 5.37. The molecule has 1 saturated heterocycles. The molecule has 1 atom stereocenters. The number of rotatable bonds is 12. The number of benzene rings is 1. The Hall–Kier alpha value is -2.13. The Morgan fingerprint density at radius 1 is 1.21 bits per heavy atom. The van der Waals surface area contributed by atoms with E-state index in [0.29, 0.717) is 21.0 Å². The standard InChI is InChI=1S/C21H30IN6O5/c1-16(29)6-5-11-26-12-14-27(15-13-26)19(30)7-3-2-4-10-23-18-9-8-17(22-28(31)32)20-21(18)25-33-24-20/h5-6,8-9,23,28,31H,2-4,7,10-15H2,1H3/q-1/b6-5+. The van der Waals surface area contributed by atoms with Gasteiger partial charge in [-0.1, -0.05) is 6.08 Å². The number of amides is 1. The molecule has 2 heterocycles. The number of fused-ring (bicyclic) bond motifs is 1. The molecule has 1 fully saturated rings. The van der Waals surface area contributed by atoms with Crippen LogP contribution < -0.4 is 30.2 Å². The van der Waals surface area contributed by atoms with Crippen LogP contribution in [0.1, 0.15) is 32.6 Å². The molecule has 1 amide bonds. The van der Waals surface area contributed by atoms with Gasteiger partial charge in [0, 0.05) is 32.7 Å². The van der Waals surface area contributed by atoms with E-state index in [1.165, 1.54) is 6.92 Å². The van der Waals surface area contributed by atoms with Gasteiger partial charge in [0.2, 0.25) is 0 Å². The largest absolute Gasteiger partial charge is 0.0333 e. The minimum atomic E-state index is -1.19. The molecule has 0 radical (unpaired) electrons. The van der Waals surface area contributed by atoms with Gasteiger partial charge in [0.15, 0.2) is 5.78 Å². The van der Waals surface area contributed by atoms with Crippen molar-refractivity contribution in [2.75, 3.05) is 44.6 Å². The quantitative estimate of drug-likeness (QED) is 0.0823. The van der Waals surface area contributed by atoms with Crippen molar-refractivity contribution in [1.29, 1.82) is 0 Å². The van der Waals surface area contributed by atoms with Gasteiger partial charge >= 0.3 is 136 Å². The van der Waals surface area contributed by atoms with Crippen LogP contribution in [0.4, 0.5) is 5.69 Å². The second kappa shape index (κ2) is 12.9. The predicted molar refractivity (Wildman–Crippen MR) is 116 cm³/mol. The number of halogens is 1. The van der Waals surface area contributed by atoms with E-state index in [0.717, 1.165) is 64.2 Å². The van der Waals surface area contributed by atoms with Crippen molar-refractivity contribution in [3.8, 4) is 0 Å². The Bertz CT molecular complexity index is 958. The third-order valence-corrected chi connectivity index (χ3v) is 7.29. The maximum atomic E-state index is 12.5. The van der Waals surface area contributed by atoms with Gasteiger partial charge in [-0.05, 0) is 13.0 Å². The van der Waals surface area contributed by atoms with Crippen molar-refractivity contribution in [1.82, 2.24) is 20.1 Å². The fourth-order valence-electron chi connectivity index (χ4n) is 3.65. The third kappa shape index (κ3) is 7.99. The number of carbonyl (C=O) groups excluding carboxylic acids is 2. The Labute approximate surface area is 202 Å². The molecule has 11 nitrogen and oxygen atoms in total. The maximum absolute atomic E-state index is 12.5. The molecule has 2 aromatic rings. The zero-order chi connectivity index (χ0) is 23.6. The summed E-state index contributed by atoms with van der Waals surface area (Å²) in [5.41, 5.74) is 1.84. The second-order valence-electron chi connectivity index (χ2n) is 7.84. The Morgan fingerprint density at radius 3 is 2.70 bits per heavy atom. The smallest absolute Gasteiger partial charge is 0.0163 e. The number of piperazine rings is 1. The number of quaternary nitrogens is 1. The number of carbonyl (C=O) groups is 2. The first kappa shape index (κ1) is 25.5. The van der Waals surface area contributed by atoms with Crippen molar-refractivity contribution in [2.24, 2.45) is 0 Å². The van der Waals surface area contributed by atoms with Crippen LogP contribution in [0.3, 0.4) is 0 Å². The molecule has 1 aliphatic rings. The number of nitrogens with zero attached hydrogens (tertiary/aromatic N) is 4. The van der Waals surface area contributed by atoms with Gasteiger partial charge in [-0.25, -0.2) is 0 Å². The first-order valence-electron chi connectivity index (χ1n) is 11.0. The molecule has 3 rings (SSSR count). The van der Waals surface area contributed by atoms with E-state index >= 15 is 0 Å². The van der Waals surface area contributed by atoms with E-state index in [1.807, 2.05) is 17.0 Å².